The first-order chi connectivity index (χ1) is 14.7. The Morgan fingerprint density at radius 3 is 2.50 bits per heavy atom. The molecular formula is C24H18ClN3OS. The van der Waals surface area contributed by atoms with Gasteiger partial charge in [0.1, 0.15) is 11.5 Å². The van der Waals surface area contributed by atoms with Crippen molar-refractivity contribution in [1.82, 2.24) is 5.43 Å². The number of hydrogen-bond acceptors (Lipinski definition) is 4. The second kappa shape index (κ2) is 7.94. The van der Waals surface area contributed by atoms with E-state index in [1.165, 1.54) is 11.3 Å². The lowest BCUT2D eigenvalue weighted by Crippen LogP contribution is -2.34. The molecule has 1 aliphatic heterocycles. The summed E-state index contributed by atoms with van der Waals surface area (Å²) in [6.07, 6.45) is 0.660. The zero-order chi connectivity index (χ0) is 20.5. The maximum atomic E-state index is 12.6. The standard InChI is InChI=1S/C24H18ClN3OS/c25-18-12-10-16(11-13-18)21-15-23(27-28(21)19-7-2-1-3-8-19)26-20-14-17-6-4-5-9-22(17)30-24(20)29/h1-14,21H,15H2,(H,26,27). The van der Waals surface area contributed by atoms with Gasteiger partial charge in [0.2, 0.25) is 0 Å². The van der Waals surface area contributed by atoms with Crippen molar-refractivity contribution >= 4 is 50.2 Å². The highest BCUT2D eigenvalue weighted by Crippen LogP contribution is 2.34. The fourth-order valence-electron chi connectivity index (χ4n) is 3.67. The zero-order valence-electron chi connectivity index (χ0n) is 16.0. The van der Waals surface area contributed by atoms with Crippen molar-refractivity contribution in [2.24, 2.45) is 4.99 Å². The van der Waals surface area contributed by atoms with Crippen molar-refractivity contribution in [3.8, 4) is 0 Å². The molecule has 0 bridgehead atoms. The predicted octanol–water partition coefficient (Wildman–Crippen LogP) is 6.10. The van der Waals surface area contributed by atoms with Crippen LogP contribution in [0.2, 0.25) is 5.02 Å². The van der Waals surface area contributed by atoms with Gasteiger partial charge >= 0.3 is 0 Å². The first kappa shape index (κ1) is 18.9. The number of fused-ring (bicyclic) bond motifs is 1. The van der Waals surface area contributed by atoms with Crippen LogP contribution < -0.4 is 15.2 Å². The van der Waals surface area contributed by atoms with Crippen LogP contribution in [0.25, 0.3) is 10.1 Å². The van der Waals surface area contributed by atoms with Gasteiger partial charge in [-0.2, -0.15) is 0 Å². The lowest BCUT2D eigenvalue weighted by Gasteiger charge is -2.26. The third-order valence-electron chi connectivity index (χ3n) is 5.12. The van der Waals surface area contributed by atoms with Crippen LogP contribution in [-0.4, -0.2) is 5.84 Å². The Kier molecular flexibility index (Phi) is 4.99. The van der Waals surface area contributed by atoms with Crippen molar-refractivity contribution in [2.45, 2.75) is 12.5 Å². The number of aliphatic imine (C=N–C) groups is 1. The molecule has 0 spiro atoms. The quantitative estimate of drug-likeness (QED) is 0.426. The molecule has 1 aromatic heterocycles. The second-order valence-corrected chi connectivity index (χ2v) is 8.56. The Bertz CT molecular complexity index is 1290. The van der Waals surface area contributed by atoms with Crippen LogP contribution in [0.5, 0.6) is 0 Å². The van der Waals surface area contributed by atoms with Crippen LogP contribution in [-0.2, 0) is 0 Å². The zero-order valence-corrected chi connectivity index (χ0v) is 17.5. The second-order valence-electron chi connectivity index (χ2n) is 7.10. The third-order valence-corrected chi connectivity index (χ3v) is 6.35. The Morgan fingerprint density at radius 2 is 1.70 bits per heavy atom. The van der Waals surface area contributed by atoms with Crippen molar-refractivity contribution in [2.75, 3.05) is 5.01 Å². The molecule has 0 aliphatic carbocycles. The molecule has 4 nitrogen and oxygen atoms in total. The molecule has 5 rings (SSSR count). The van der Waals surface area contributed by atoms with E-state index in [-0.39, 0.29) is 10.8 Å². The molecule has 3 aromatic carbocycles. The van der Waals surface area contributed by atoms with E-state index >= 15 is 0 Å². The molecular weight excluding hydrogens is 414 g/mol. The van der Waals surface area contributed by atoms with Gasteiger partial charge in [0.05, 0.1) is 11.7 Å². The summed E-state index contributed by atoms with van der Waals surface area (Å²) < 4.78 is 0.931. The fraction of sp³-hybridized carbons (Fsp3) is 0.0833. The van der Waals surface area contributed by atoms with Gasteiger partial charge in [0.25, 0.3) is 4.74 Å². The number of nitrogens with one attached hydrogen (secondary N) is 1. The lowest BCUT2D eigenvalue weighted by atomic mass is 10.0. The number of hydrogen-bond donors (Lipinski definition) is 1. The minimum absolute atomic E-state index is 0.0378. The number of para-hydroxylation sites is 1. The van der Waals surface area contributed by atoms with Crippen molar-refractivity contribution in [3.63, 3.8) is 0 Å². The number of benzene rings is 3. The lowest BCUT2D eigenvalue weighted by molar-refractivity contribution is 0.686. The molecule has 30 heavy (non-hydrogen) atoms. The SMILES string of the molecule is O=c1sc2ccccc2cc1N=C1CC(c2ccc(Cl)cc2)N(c2ccccc2)N1. The fourth-order valence-corrected chi connectivity index (χ4v) is 4.59. The van der Waals surface area contributed by atoms with Crippen LogP contribution >= 0.6 is 22.9 Å². The summed E-state index contributed by atoms with van der Waals surface area (Å²) >= 11 is 7.32. The van der Waals surface area contributed by atoms with Crippen LogP contribution in [0, 0.1) is 0 Å². The number of rotatable bonds is 3. The molecule has 4 aromatic rings. The Labute approximate surface area is 183 Å². The summed E-state index contributed by atoms with van der Waals surface area (Å²) in [5.74, 6) is 0.762. The van der Waals surface area contributed by atoms with E-state index in [0.717, 1.165) is 27.2 Å². The average Bonchev–Trinajstić information content (AvgIpc) is 3.19. The summed E-state index contributed by atoms with van der Waals surface area (Å²) in [4.78, 5) is 17.3. The smallest absolute Gasteiger partial charge is 0.258 e. The van der Waals surface area contributed by atoms with E-state index in [2.05, 4.69) is 22.6 Å². The van der Waals surface area contributed by atoms with Crippen LogP contribution in [0.4, 0.5) is 11.4 Å². The highest BCUT2D eigenvalue weighted by molar-refractivity contribution is 7.16. The first-order valence-corrected chi connectivity index (χ1v) is 10.8. The molecule has 1 saturated heterocycles. The van der Waals surface area contributed by atoms with Crippen molar-refractivity contribution in [1.29, 1.82) is 0 Å². The molecule has 0 radical (unpaired) electrons. The summed E-state index contributed by atoms with van der Waals surface area (Å²) in [7, 11) is 0. The number of hydrazine groups is 1. The van der Waals surface area contributed by atoms with Gasteiger partial charge in [-0.1, -0.05) is 71.5 Å². The van der Waals surface area contributed by atoms with E-state index in [9.17, 15) is 4.79 Å². The van der Waals surface area contributed by atoms with E-state index in [4.69, 9.17) is 16.6 Å². The summed E-state index contributed by atoms with van der Waals surface area (Å²) in [5, 5.41) is 3.82. The Balaban J connectivity index is 1.54. The maximum absolute atomic E-state index is 12.6. The molecule has 1 atom stereocenters. The normalized spacial score (nSPS) is 17.4. The first-order valence-electron chi connectivity index (χ1n) is 9.64. The van der Waals surface area contributed by atoms with Gasteiger partial charge < -0.3 is 0 Å². The third kappa shape index (κ3) is 3.70. The van der Waals surface area contributed by atoms with E-state index < -0.39 is 0 Å². The topological polar surface area (TPSA) is 44.7 Å². The van der Waals surface area contributed by atoms with E-state index in [1.54, 1.807) is 0 Å². The van der Waals surface area contributed by atoms with Crippen molar-refractivity contribution < 1.29 is 0 Å². The monoisotopic (exact) mass is 431 g/mol. The molecule has 1 fully saturated rings. The Hall–Kier alpha value is -3.15. The van der Waals surface area contributed by atoms with Gasteiger partial charge in [0.15, 0.2) is 0 Å². The van der Waals surface area contributed by atoms with Gasteiger partial charge in [0, 0.05) is 16.1 Å². The molecule has 2 heterocycles. The van der Waals surface area contributed by atoms with E-state index in [0.29, 0.717) is 17.1 Å². The number of amidine groups is 1. The molecule has 0 saturated carbocycles. The van der Waals surface area contributed by atoms with E-state index in [1.807, 2.05) is 72.8 Å². The van der Waals surface area contributed by atoms with Crippen LogP contribution in [0.3, 0.4) is 0 Å². The molecule has 6 heteroatoms. The number of anilines is 1. The minimum Gasteiger partial charge on any atom is -0.284 e. The number of halogens is 1. The summed E-state index contributed by atoms with van der Waals surface area (Å²) in [5.41, 5.74) is 6.04. The van der Waals surface area contributed by atoms with Gasteiger partial charge in [-0.05, 0) is 47.3 Å². The average molecular weight is 432 g/mol. The van der Waals surface area contributed by atoms with Gasteiger partial charge in [-0.25, -0.2) is 4.99 Å². The number of nitrogens with zero attached hydrogens (tertiary/aromatic N) is 2. The predicted molar refractivity (Wildman–Crippen MR) is 126 cm³/mol. The van der Waals surface area contributed by atoms with Crippen LogP contribution in [0.1, 0.15) is 18.0 Å². The van der Waals surface area contributed by atoms with Crippen LogP contribution in [0.15, 0.2) is 94.7 Å². The van der Waals surface area contributed by atoms with Gasteiger partial charge in [-0.15, -0.1) is 0 Å². The molecule has 1 unspecified atom stereocenters. The summed E-state index contributed by atoms with van der Waals surface area (Å²) in [6.45, 7) is 0. The molecule has 148 valence electrons. The molecule has 1 N–H and O–H groups in total. The summed E-state index contributed by atoms with van der Waals surface area (Å²) in [6, 6.07) is 27.8. The molecule has 0 amide bonds. The minimum atomic E-state index is -0.0378. The molecule has 1 aliphatic rings. The highest BCUT2D eigenvalue weighted by atomic mass is 35.5. The van der Waals surface area contributed by atoms with Crippen molar-refractivity contribution in [3.05, 3.63) is 105 Å². The highest BCUT2D eigenvalue weighted by Gasteiger charge is 2.30. The Morgan fingerprint density at radius 1 is 0.967 bits per heavy atom. The maximum Gasteiger partial charge on any atom is 0.258 e. The van der Waals surface area contributed by atoms with Gasteiger partial charge in [-0.3, -0.25) is 15.2 Å². The largest absolute Gasteiger partial charge is 0.284 e.